The highest BCUT2D eigenvalue weighted by Crippen LogP contribution is 2.47. The van der Waals surface area contributed by atoms with Crippen LogP contribution in [0.2, 0.25) is 0 Å². The van der Waals surface area contributed by atoms with Crippen molar-refractivity contribution in [1.82, 2.24) is 5.32 Å². The van der Waals surface area contributed by atoms with Crippen LogP contribution >= 0.6 is 0 Å². The van der Waals surface area contributed by atoms with E-state index in [4.69, 9.17) is 14.2 Å². The Morgan fingerprint density at radius 1 is 1.04 bits per heavy atom. The third-order valence-corrected chi connectivity index (χ3v) is 4.55. The molecule has 0 unspecified atom stereocenters. The van der Waals surface area contributed by atoms with E-state index in [1.165, 1.54) is 0 Å². The number of amides is 2. The Morgan fingerprint density at radius 2 is 1.76 bits per heavy atom. The second kappa shape index (κ2) is 6.20. The monoisotopic (exact) mass is 340 g/mol. The van der Waals surface area contributed by atoms with Crippen molar-refractivity contribution in [3.8, 4) is 17.2 Å². The van der Waals surface area contributed by atoms with Crippen molar-refractivity contribution in [2.75, 3.05) is 25.6 Å². The summed E-state index contributed by atoms with van der Waals surface area (Å²) in [6.45, 7) is 1.12. The standard InChI is InChI=1S/C19H20N2O4/c1-23-15-5-3-14(4-6-15)20-18(22)21-19(8-9-19)13-2-7-16-17(12-13)25-11-10-24-16/h2-7,12H,8-11H2,1H3,(H2,20,21,22). The zero-order chi connectivity index (χ0) is 17.3. The maximum Gasteiger partial charge on any atom is 0.319 e. The summed E-state index contributed by atoms with van der Waals surface area (Å²) in [5.74, 6) is 2.25. The molecule has 0 saturated heterocycles. The van der Waals surface area contributed by atoms with E-state index in [9.17, 15) is 4.79 Å². The molecule has 0 spiro atoms. The highest BCUT2D eigenvalue weighted by molar-refractivity contribution is 5.90. The number of hydrogen-bond acceptors (Lipinski definition) is 4. The molecule has 2 aromatic rings. The van der Waals surface area contributed by atoms with Crippen LogP contribution in [-0.4, -0.2) is 26.4 Å². The molecule has 6 heteroatoms. The van der Waals surface area contributed by atoms with E-state index in [-0.39, 0.29) is 11.6 Å². The zero-order valence-electron chi connectivity index (χ0n) is 14.0. The number of fused-ring (bicyclic) bond motifs is 1. The van der Waals surface area contributed by atoms with Crippen molar-refractivity contribution in [3.05, 3.63) is 48.0 Å². The Balaban J connectivity index is 1.45. The first kappa shape index (κ1) is 15.6. The molecule has 1 saturated carbocycles. The van der Waals surface area contributed by atoms with Gasteiger partial charge in [-0.2, -0.15) is 0 Å². The van der Waals surface area contributed by atoms with Crippen LogP contribution in [0.3, 0.4) is 0 Å². The van der Waals surface area contributed by atoms with Gasteiger partial charge in [0.1, 0.15) is 19.0 Å². The van der Waals surface area contributed by atoms with Crippen LogP contribution in [0.5, 0.6) is 17.2 Å². The number of anilines is 1. The number of rotatable bonds is 4. The molecule has 0 radical (unpaired) electrons. The number of carbonyl (C=O) groups excluding carboxylic acids is 1. The molecule has 0 atom stereocenters. The molecule has 1 heterocycles. The van der Waals surface area contributed by atoms with E-state index < -0.39 is 0 Å². The SMILES string of the molecule is COc1ccc(NC(=O)NC2(c3ccc4c(c3)OCCO4)CC2)cc1. The van der Waals surface area contributed by atoms with E-state index >= 15 is 0 Å². The maximum atomic E-state index is 12.4. The summed E-state index contributed by atoms with van der Waals surface area (Å²) in [7, 11) is 1.61. The maximum absolute atomic E-state index is 12.4. The van der Waals surface area contributed by atoms with Gasteiger partial charge in [-0.25, -0.2) is 4.79 Å². The third kappa shape index (κ3) is 3.20. The van der Waals surface area contributed by atoms with Gasteiger partial charge in [-0.1, -0.05) is 6.07 Å². The van der Waals surface area contributed by atoms with Crippen LogP contribution in [0.25, 0.3) is 0 Å². The highest BCUT2D eigenvalue weighted by atomic mass is 16.6. The molecule has 6 nitrogen and oxygen atoms in total. The predicted octanol–water partition coefficient (Wildman–Crippen LogP) is 3.28. The van der Waals surface area contributed by atoms with Crippen LogP contribution in [0, 0.1) is 0 Å². The summed E-state index contributed by atoms with van der Waals surface area (Å²) in [5.41, 5.74) is 1.43. The van der Waals surface area contributed by atoms with Crippen molar-refractivity contribution >= 4 is 11.7 Å². The van der Waals surface area contributed by atoms with E-state index in [0.29, 0.717) is 13.2 Å². The zero-order valence-corrected chi connectivity index (χ0v) is 14.0. The first-order valence-corrected chi connectivity index (χ1v) is 8.32. The van der Waals surface area contributed by atoms with E-state index in [2.05, 4.69) is 10.6 Å². The molecular weight excluding hydrogens is 320 g/mol. The Kier molecular flexibility index (Phi) is 3.87. The number of hydrogen-bond donors (Lipinski definition) is 2. The number of nitrogens with one attached hydrogen (secondary N) is 2. The lowest BCUT2D eigenvalue weighted by atomic mass is 10.0. The predicted molar refractivity (Wildman–Crippen MR) is 93.5 cm³/mol. The molecule has 130 valence electrons. The quantitative estimate of drug-likeness (QED) is 0.896. The van der Waals surface area contributed by atoms with Crippen molar-refractivity contribution in [2.24, 2.45) is 0 Å². The molecule has 1 fully saturated rings. The molecule has 1 aliphatic carbocycles. The van der Waals surface area contributed by atoms with Gasteiger partial charge in [0.05, 0.1) is 12.6 Å². The van der Waals surface area contributed by atoms with Crippen LogP contribution in [0.15, 0.2) is 42.5 Å². The second-order valence-electron chi connectivity index (χ2n) is 6.25. The first-order valence-electron chi connectivity index (χ1n) is 8.32. The van der Waals surface area contributed by atoms with Gasteiger partial charge in [0.15, 0.2) is 11.5 Å². The van der Waals surface area contributed by atoms with Gasteiger partial charge in [0.25, 0.3) is 0 Å². The van der Waals surface area contributed by atoms with E-state index in [1.807, 2.05) is 42.5 Å². The molecular formula is C19H20N2O4. The lowest BCUT2D eigenvalue weighted by Gasteiger charge is -2.23. The van der Waals surface area contributed by atoms with Gasteiger partial charge in [-0.3, -0.25) is 0 Å². The van der Waals surface area contributed by atoms with Crippen molar-refractivity contribution in [3.63, 3.8) is 0 Å². The summed E-state index contributed by atoms with van der Waals surface area (Å²) in [6.07, 6.45) is 1.81. The number of methoxy groups -OCH3 is 1. The summed E-state index contributed by atoms with van der Waals surface area (Å²) in [5, 5.41) is 5.95. The van der Waals surface area contributed by atoms with Crippen molar-refractivity contribution in [1.29, 1.82) is 0 Å². The average molecular weight is 340 g/mol. The fraction of sp³-hybridized carbons (Fsp3) is 0.316. The largest absolute Gasteiger partial charge is 0.497 e. The topological polar surface area (TPSA) is 68.8 Å². The minimum Gasteiger partial charge on any atom is -0.497 e. The van der Waals surface area contributed by atoms with Gasteiger partial charge in [-0.15, -0.1) is 0 Å². The summed E-state index contributed by atoms with van der Waals surface area (Å²) < 4.78 is 16.3. The molecule has 2 aromatic carbocycles. The van der Waals surface area contributed by atoms with Crippen molar-refractivity contribution in [2.45, 2.75) is 18.4 Å². The van der Waals surface area contributed by atoms with Crippen LogP contribution < -0.4 is 24.8 Å². The van der Waals surface area contributed by atoms with Gasteiger partial charge >= 0.3 is 6.03 Å². The van der Waals surface area contributed by atoms with Crippen molar-refractivity contribution < 1.29 is 19.0 Å². The number of ether oxygens (including phenoxy) is 3. The lowest BCUT2D eigenvalue weighted by Crippen LogP contribution is -2.38. The Labute approximate surface area is 146 Å². The molecule has 0 bridgehead atoms. The summed E-state index contributed by atoms with van der Waals surface area (Å²) in [4.78, 5) is 12.4. The van der Waals surface area contributed by atoms with Gasteiger partial charge in [-0.05, 0) is 54.8 Å². The molecule has 1 aliphatic heterocycles. The second-order valence-corrected chi connectivity index (χ2v) is 6.25. The summed E-state index contributed by atoms with van der Waals surface area (Å²) >= 11 is 0. The highest BCUT2D eigenvalue weighted by Gasteiger charge is 2.46. The Hall–Kier alpha value is -2.89. The minimum atomic E-state index is -0.327. The molecule has 4 rings (SSSR count). The van der Waals surface area contributed by atoms with Crippen LogP contribution in [0.4, 0.5) is 10.5 Å². The molecule has 2 N–H and O–H groups in total. The average Bonchev–Trinajstić information content (AvgIpc) is 3.42. The fourth-order valence-corrected chi connectivity index (χ4v) is 3.01. The molecule has 2 amide bonds. The Bertz CT molecular complexity index is 785. The first-order chi connectivity index (χ1) is 12.2. The Morgan fingerprint density at radius 3 is 2.44 bits per heavy atom. The van der Waals surface area contributed by atoms with Crippen LogP contribution in [-0.2, 0) is 5.54 Å². The number of urea groups is 1. The van der Waals surface area contributed by atoms with Crippen LogP contribution in [0.1, 0.15) is 18.4 Å². The lowest BCUT2D eigenvalue weighted by molar-refractivity contribution is 0.171. The minimum absolute atomic E-state index is 0.224. The third-order valence-electron chi connectivity index (χ3n) is 4.55. The molecule has 25 heavy (non-hydrogen) atoms. The summed E-state index contributed by atoms with van der Waals surface area (Å²) in [6, 6.07) is 12.9. The fourth-order valence-electron chi connectivity index (χ4n) is 3.01. The number of benzene rings is 2. The normalized spacial score (nSPS) is 16.7. The smallest absolute Gasteiger partial charge is 0.319 e. The number of carbonyl (C=O) groups is 1. The van der Waals surface area contributed by atoms with E-state index in [0.717, 1.165) is 41.3 Å². The van der Waals surface area contributed by atoms with Gasteiger partial charge < -0.3 is 24.8 Å². The van der Waals surface area contributed by atoms with Gasteiger partial charge in [0.2, 0.25) is 0 Å². The molecule has 2 aliphatic rings. The van der Waals surface area contributed by atoms with E-state index in [1.54, 1.807) is 7.11 Å². The van der Waals surface area contributed by atoms with Gasteiger partial charge in [0, 0.05) is 5.69 Å². The molecule has 0 aromatic heterocycles.